The van der Waals surface area contributed by atoms with E-state index >= 15 is 0 Å². The van der Waals surface area contributed by atoms with Gasteiger partial charge in [0.15, 0.2) is 6.29 Å². The molecule has 8 heteroatoms. The highest BCUT2D eigenvalue weighted by Gasteiger charge is 2.38. The molecule has 1 unspecified atom stereocenters. The van der Waals surface area contributed by atoms with Crippen LogP contribution in [0.15, 0.2) is 48.5 Å². The highest BCUT2D eigenvalue weighted by Crippen LogP contribution is 2.39. The highest BCUT2D eigenvalue weighted by atomic mass is 19.4. The number of benzene rings is 2. The van der Waals surface area contributed by atoms with E-state index in [0.29, 0.717) is 6.61 Å². The Labute approximate surface area is 139 Å². The lowest BCUT2D eigenvalue weighted by molar-refractivity contribution is -0.139. The van der Waals surface area contributed by atoms with Crippen molar-refractivity contribution in [3.05, 3.63) is 70.8 Å². The van der Waals surface area contributed by atoms with Crippen molar-refractivity contribution >= 4 is 6.29 Å². The van der Waals surface area contributed by atoms with Gasteiger partial charge < -0.3 is 4.74 Å². The van der Waals surface area contributed by atoms with Gasteiger partial charge >= 0.3 is 12.4 Å². The molecule has 0 saturated carbocycles. The van der Waals surface area contributed by atoms with Crippen molar-refractivity contribution in [2.45, 2.75) is 18.5 Å². The first-order valence-corrected chi connectivity index (χ1v) is 7.03. The van der Waals surface area contributed by atoms with Crippen molar-refractivity contribution in [2.75, 3.05) is 6.61 Å². The minimum Gasteiger partial charge on any atom is -0.368 e. The summed E-state index contributed by atoms with van der Waals surface area (Å²) < 4.78 is 78.2. The van der Waals surface area contributed by atoms with Crippen LogP contribution in [0, 0.1) is 0 Å². The van der Waals surface area contributed by atoms with Crippen molar-refractivity contribution in [2.24, 2.45) is 0 Å². The predicted molar refractivity (Wildman–Crippen MR) is 77.0 cm³/mol. The Balaban J connectivity index is 0.000000181. The fourth-order valence-electron chi connectivity index (χ4n) is 2.12. The van der Waals surface area contributed by atoms with Crippen molar-refractivity contribution in [1.29, 1.82) is 0 Å². The third-order valence-electron chi connectivity index (χ3n) is 3.34. The first-order valence-electron chi connectivity index (χ1n) is 7.03. The predicted octanol–water partition coefficient (Wildman–Crippen LogP) is 5.29. The molecule has 25 heavy (non-hydrogen) atoms. The summed E-state index contributed by atoms with van der Waals surface area (Å²) in [6.07, 6.45) is -8.87. The molecule has 2 nitrogen and oxygen atoms in total. The second kappa shape index (κ2) is 7.26. The molecule has 1 heterocycles. The summed E-state index contributed by atoms with van der Waals surface area (Å²) in [5.41, 5.74) is -1.56. The number of halogens is 6. The van der Waals surface area contributed by atoms with Crippen LogP contribution in [-0.2, 0) is 17.1 Å². The third-order valence-corrected chi connectivity index (χ3v) is 3.34. The number of epoxide rings is 1. The van der Waals surface area contributed by atoms with Crippen LogP contribution in [0.5, 0.6) is 0 Å². The molecule has 3 rings (SSSR count). The zero-order valence-electron chi connectivity index (χ0n) is 12.6. The first kappa shape index (κ1) is 19.0. The van der Waals surface area contributed by atoms with E-state index in [9.17, 15) is 31.1 Å². The Morgan fingerprint density at radius 1 is 0.840 bits per heavy atom. The lowest BCUT2D eigenvalue weighted by atomic mass is 10.0. The molecule has 0 bridgehead atoms. The minimum atomic E-state index is -4.45. The first-order chi connectivity index (χ1) is 11.6. The number of hydrogen-bond acceptors (Lipinski definition) is 2. The van der Waals surface area contributed by atoms with E-state index in [4.69, 9.17) is 4.74 Å². The quantitative estimate of drug-likeness (QED) is 0.412. The van der Waals surface area contributed by atoms with Crippen LogP contribution in [-0.4, -0.2) is 12.9 Å². The average molecular weight is 362 g/mol. The zero-order valence-corrected chi connectivity index (χ0v) is 12.6. The summed E-state index contributed by atoms with van der Waals surface area (Å²) >= 11 is 0. The number of carbonyl (C=O) groups is 1. The van der Waals surface area contributed by atoms with Crippen LogP contribution in [0.4, 0.5) is 26.3 Å². The zero-order chi connectivity index (χ0) is 18.7. The number of carbonyl (C=O) groups excluding carboxylic acids is 1. The number of ether oxygens (including phenoxy) is 1. The normalized spacial score (nSPS) is 16.6. The average Bonchev–Trinajstić information content (AvgIpc) is 3.39. The van der Waals surface area contributed by atoms with E-state index < -0.39 is 23.5 Å². The van der Waals surface area contributed by atoms with Crippen LogP contribution < -0.4 is 0 Å². The summed E-state index contributed by atoms with van der Waals surface area (Å²) in [5, 5.41) is 0. The summed E-state index contributed by atoms with van der Waals surface area (Å²) in [6.45, 7) is 0.396. The molecule has 0 aliphatic carbocycles. The van der Waals surface area contributed by atoms with Crippen LogP contribution in [0.25, 0.3) is 0 Å². The Morgan fingerprint density at radius 2 is 1.32 bits per heavy atom. The van der Waals surface area contributed by atoms with Gasteiger partial charge in [0.25, 0.3) is 0 Å². The Kier molecular flexibility index (Phi) is 5.52. The lowest BCUT2D eigenvalue weighted by Gasteiger charge is -2.10. The van der Waals surface area contributed by atoms with Crippen LogP contribution in [0.3, 0.4) is 0 Å². The second-order valence-corrected chi connectivity index (χ2v) is 5.11. The molecular weight excluding hydrogens is 350 g/mol. The van der Waals surface area contributed by atoms with Gasteiger partial charge in [-0.2, -0.15) is 26.3 Å². The summed E-state index contributed by atoms with van der Waals surface area (Å²) in [6, 6.07) is 10.2. The van der Waals surface area contributed by atoms with Crippen LogP contribution >= 0.6 is 0 Å². The Hall–Kier alpha value is -2.35. The molecule has 1 aliphatic heterocycles. The van der Waals surface area contributed by atoms with Gasteiger partial charge in [0.05, 0.1) is 17.7 Å². The molecule has 0 spiro atoms. The molecule has 0 amide bonds. The van der Waals surface area contributed by atoms with Gasteiger partial charge in [-0.1, -0.05) is 36.4 Å². The minimum absolute atomic E-state index is 0.197. The van der Waals surface area contributed by atoms with E-state index in [1.54, 1.807) is 6.07 Å². The van der Waals surface area contributed by atoms with E-state index in [1.165, 1.54) is 24.3 Å². The fraction of sp³-hybridized carbons (Fsp3) is 0.235. The monoisotopic (exact) mass is 362 g/mol. The Morgan fingerprint density at radius 3 is 1.76 bits per heavy atom. The smallest absolute Gasteiger partial charge is 0.368 e. The lowest BCUT2D eigenvalue weighted by Crippen LogP contribution is -2.08. The molecule has 1 atom stereocenters. The van der Waals surface area contributed by atoms with Gasteiger partial charge in [0.2, 0.25) is 0 Å². The summed E-state index contributed by atoms with van der Waals surface area (Å²) in [4.78, 5) is 10.2. The third kappa shape index (κ3) is 5.06. The summed E-state index contributed by atoms with van der Waals surface area (Å²) in [7, 11) is 0. The SMILES string of the molecule is FC(F)(F)c1ccccc1C1CO1.O=Cc1ccccc1C(F)(F)F. The topological polar surface area (TPSA) is 29.6 Å². The molecule has 134 valence electrons. The maximum absolute atomic E-state index is 12.4. The maximum atomic E-state index is 12.4. The molecule has 0 N–H and O–H groups in total. The Bertz CT molecular complexity index is 732. The molecule has 0 aromatic heterocycles. The highest BCUT2D eigenvalue weighted by molar-refractivity contribution is 5.77. The maximum Gasteiger partial charge on any atom is 0.417 e. The number of rotatable bonds is 2. The van der Waals surface area contributed by atoms with Gasteiger partial charge in [-0.3, -0.25) is 4.79 Å². The molecule has 1 aliphatic rings. The van der Waals surface area contributed by atoms with Crippen molar-refractivity contribution in [1.82, 2.24) is 0 Å². The largest absolute Gasteiger partial charge is 0.417 e. The standard InChI is InChI=1S/C9H7F3O.C8H5F3O/c10-9(11,12)7-4-2-1-3-6(7)8-5-13-8;9-8(10,11)7-4-2-1-3-6(7)5-12/h1-4,8H,5H2;1-5H. The van der Waals surface area contributed by atoms with Gasteiger partial charge in [-0.15, -0.1) is 0 Å². The number of aldehydes is 1. The van der Waals surface area contributed by atoms with Crippen LogP contribution in [0.1, 0.15) is 33.2 Å². The molecule has 1 saturated heterocycles. The van der Waals surface area contributed by atoms with E-state index in [1.807, 2.05) is 0 Å². The molecule has 1 fully saturated rings. The van der Waals surface area contributed by atoms with Gasteiger partial charge in [0.1, 0.15) is 6.10 Å². The van der Waals surface area contributed by atoms with Crippen molar-refractivity contribution in [3.63, 3.8) is 0 Å². The second-order valence-electron chi connectivity index (χ2n) is 5.11. The molecule has 0 radical (unpaired) electrons. The van der Waals surface area contributed by atoms with Gasteiger partial charge in [0, 0.05) is 5.56 Å². The van der Waals surface area contributed by atoms with E-state index in [-0.39, 0.29) is 23.5 Å². The number of hydrogen-bond donors (Lipinski definition) is 0. The van der Waals surface area contributed by atoms with Crippen LogP contribution in [0.2, 0.25) is 0 Å². The molecular formula is C17H12F6O2. The van der Waals surface area contributed by atoms with E-state index in [2.05, 4.69) is 0 Å². The molecule has 2 aromatic rings. The fourth-order valence-corrected chi connectivity index (χ4v) is 2.12. The van der Waals surface area contributed by atoms with Crippen molar-refractivity contribution < 1.29 is 35.9 Å². The summed E-state index contributed by atoms with van der Waals surface area (Å²) in [5.74, 6) is 0. The molecule has 2 aromatic carbocycles. The van der Waals surface area contributed by atoms with E-state index in [0.717, 1.165) is 18.2 Å². The van der Waals surface area contributed by atoms with Crippen molar-refractivity contribution in [3.8, 4) is 0 Å². The van der Waals surface area contributed by atoms with Gasteiger partial charge in [-0.25, -0.2) is 0 Å². The number of alkyl halides is 6. The van der Waals surface area contributed by atoms with Gasteiger partial charge in [-0.05, 0) is 17.7 Å².